The van der Waals surface area contributed by atoms with Gasteiger partial charge in [0, 0.05) is 5.02 Å². The van der Waals surface area contributed by atoms with Gasteiger partial charge in [0.05, 0.1) is 12.1 Å². The van der Waals surface area contributed by atoms with Gasteiger partial charge >= 0.3 is 5.97 Å². The lowest BCUT2D eigenvalue weighted by molar-refractivity contribution is -0.139. The summed E-state index contributed by atoms with van der Waals surface area (Å²) in [6.45, 7) is -0.0599. The largest absolute Gasteiger partial charge is 0.481 e. The van der Waals surface area contributed by atoms with Crippen molar-refractivity contribution in [3.8, 4) is 17.1 Å². The average molecular weight is 345 g/mol. The van der Waals surface area contributed by atoms with Gasteiger partial charge in [-0.1, -0.05) is 41.9 Å². The second-order valence-corrected chi connectivity index (χ2v) is 5.32. The van der Waals surface area contributed by atoms with Gasteiger partial charge in [0.1, 0.15) is 5.75 Å². The molecule has 3 aromatic rings. The highest BCUT2D eigenvalue weighted by molar-refractivity contribution is 6.31. The predicted octanol–water partition coefficient (Wildman–Crippen LogP) is 2.51. The molecule has 0 atom stereocenters. The Labute approximate surface area is 142 Å². The Morgan fingerprint density at radius 2 is 1.92 bits per heavy atom. The minimum atomic E-state index is -1.06. The fourth-order valence-electron chi connectivity index (χ4n) is 2.11. The van der Waals surface area contributed by atoms with Crippen LogP contribution in [0.3, 0.4) is 0 Å². The first-order valence-electron chi connectivity index (χ1n) is 7.08. The van der Waals surface area contributed by atoms with Crippen LogP contribution < -0.4 is 4.74 Å². The Morgan fingerprint density at radius 1 is 1.17 bits per heavy atom. The first-order valence-corrected chi connectivity index (χ1v) is 7.46. The minimum absolute atomic E-state index is 0.350. The van der Waals surface area contributed by atoms with Crippen molar-refractivity contribution >= 4 is 17.6 Å². The third-order valence-corrected chi connectivity index (χ3v) is 3.57. The lowest BCUT2D eigenvalue weighted by Crippen LogP contribution is -2.10. The molecule has 0 unspecified atom stereocenters. The van der Waals surface area contributed by atoms with Crippen molar-refractivity contribution in [1.82, 2.24) is 20.2 Å². The lowest BCUT2D eigenvalue weighted by atomic mass is 10.2. The summed E-state index contributed by atoms with van der Waals surface area (Å²) in [5, 5.41) is 21.7. The van der Waals surface area contributed by atoms with Gasteiger partial charge in [0.15, 0.2) is 6.61 Å². The van der Waals surface area contributed by atoms with Crippen molar-refractivity contribution in [3.63, 3.8) is 0 Å². The molecule has 0 bridgehead atoms. The number of hydrogen-bond acceptors (Lipinski definition) is 5. The van der Waals surface area contributed by atoms with Gasteiger partial charge in [-0.05, 0) is 29.0 Å². The molecule has 1 N–H and O–H groups in total. The summed E-state index contributed by atoms with van der Waals surface area (Å²) in [7, 11) is 0. The van der Waals surface area contributed by atoms with E-state index < -0.39 is 12.6 Å². The molecule has 0 spiro atoms. The van der Waals surface area contributed by atoms with Crippen molar-refractivity contribution in [2.75, 3.05) is 6.61 Å². The number of ether oxygens (including phenoxy) is 1. The summed E-state index contributed by atoms with van der Waals surface area (Å²) in [6, 6.07) is 14.4. The number of carbonyl (C=O) groups is 1. The van der Waals surface area contributed by atoms with E-state index in [1.54, 1.807) is 30.3 Å². The van der Waals surface area contributed by atoms with E-state index in [-0.39, 0.29) is 0 Å². The van der Waals surface area contributed by atoms with Crippen molar-refractivity contribution in [2.45, 2.75) is 6.54 Å². The zero-order chi connectivity index (χ0) is 16.9. The van der Waals surface area contributed by atoms with Crippen LogP contribution in [0.25, 0.3) is 11.4 Å². The second-order valence-electron chi connectivity index (χ2n) is 4.91. The van der Waals surface area contributed by atoms with Crippen LogP contribution in [-0.2, 0) is 11.3 Å². The summed E-state index contributed by atoms with van der Waals surface area (Å²) in [5.74, 6) is -0.319. The number of carboxylic acid groups (broad SMARTS) is 1. The fraction of sp³-hybridized carbons (Fsp3) is 0.125. The molecule has 0 aliphatic rings. The standard InChI is InChI=1S/C16H13ClN4O3/c17-13-7-3-1-5-11(13)9-21-19-16(18-20-21)12-6-2-4-8-14(12)24-10-15(22)23/h1-8H,9-10H2,(H,22,23). The zero-order valence-corrected chi connectivity index (χ0v) is 13.2. The Morgan fingerprint density at radius 3 is 2.71 bits per heavy atom. The number of para-hydroxylation sites is 1. The molecular weight excluding hydrogens is 332 g/mol. The maximum absolute atomic E-state index is 10.7. The smallest absolute Gasteiger partial charge is 0.341 e. The van der Waals surface area contributed by atoms with E-state index in [1.165, 1.54) is 4.80 Å². The maximum Gasteiger partial charge on any atom is 0.341 e. The van der Waals surface area contributed by atoms with E-state index in [0.717, 1.165) is 5.56 Å². The number of aromatic nitrogens is 4. The van der Waals surface area contributed by atoms with Gasteiger partial charge in [0.25, 0.3) is 0 Å². The van der Waals surface area contributed by atoms with E-state index >= 15 is 0 Å². The quantitative estimate of drug-likeness (QED) is 0.739. The van der Waals surface area contributed by atoms with Gasteiger partial charge in [-0.15, -0.1) is 10.2 Å². The van der Waals surface area contributed by atoms with E-state index in [4.69, 9.17) is 21.4 Å². The number of carboxylic acids is 1. The molecule has 2 aromatic carbocycles. The van der Waals surface area contributed by atoms with E-state index in [9.17, 15) is 4.79 Å². The second kappa shape index (κ2) is 7.10. The van der Waals surface area contributed by atoms with Crippen LogP contribution in [0.1, 0.15) is 5.56 Å². The van der Waals surface area contributed by atoms with Gasteiger partial charge in [-0.3, -0.25) is 0 Å². The summed E-state index contributed by atoms with van der Waals surface area (Å²) in [6.07, 6.45) is 0. The number of nitrogens with zero attached hydrogens (tertiary/aromatic N) is 4. The molecule has 1 heterocycles. The number of tetrazole rings is 1. The summed E-state index contributed by atoms with van der Waals surface area (Å²) < 4.78 is 5.26. The summed E-state index contributed by atoms with van der Waals surface area (Å²) >= 11 is 6.13. The van der Waals surface area contributed by atoms with E-state index in [1.807, 2.05) is 18.2 Å². The van der Waals surface area contributed by atoms with Crippen molar-refractivity contribution < 1.29 is 14.6 Å². The van der Waals surface area contributed by atoms with Crippen LogP contribution in [0.15, 0.2) is 48.5 Å². The highest BCUT2D eigenvalue weighted by atomic mass is 35.5. The van der Waals surface area contributed by atoms with E-state index in [2.05, 4.69) is 15.4 Å². The van der Waals surface area contributed by atoms with Crippen molar-refractivity contribution in [1.29, 1.82) is 0 Å². The van der Waals surface area contributed by atoms with Gasteiger partial charge in [-0.2, -0.15) is 4.80 Å². The first kappa shape index (κ1) is 15.9. The van der Waals surface area contributed by atoms with Gasteiger partial charge < -0.3 is 9.84 Å². The molecule has 7 nitrogen and oxygen atoms in total. The molecular formula is C16H13ClN4O3. The Kier molecular flexibility index (Phi) is 4.72. The van der Waals surface area contributed by atoms with Crippen LogP contribution in [0.4, 0.5) is 0 Å². The molecule has 1 aromatic heterocycles. The minimum Gasteiger partial charge on any atom is -0.481 e. The van der Waals surface area contributed by atoms with E-state index in [0.29, 0.717) is 28.7 Å². The first-order chi connectivity index (χ1) is 11.6. The van der Waals surface area contributed by atoms with Crippen LogP contribution in [-0.4, -0.2) is 37.9 Å². The predicted molar refractivity (Wildman–Crippen MR) is 86.9 cm³/mol. The molecule has 0 aliphatic carbocycles. The molecule has 0 saturated carbocycles. The van der Waals surface area contributed by atoms with Crippen molar-refractivity contribution in [3.05, 3.63) is 59.1 Å². The molecule has 0 radical (unpaired) electrons. The van der Waals surface area contributed by atoms with Crippen LogP contribution in [0, 0.1) is 0 Å². The molecule has 0 aliphatic heterocycles. The normalized spacial score (nSPS) is 10.5. The lowest BCUT2D eigenvalue weighted by Gasteiger charge is -2.06. The Hall–Kier alpha value is -2.93. The Balaban J connectivity index is 1.83. The number of hydrogen-bond donors (Lipinski definition) is 1. The molecule has 3 rings (SSSR count). The highest BCUT2D eigenvalue weighted by Gasteiger charge is 2.13. The van der Waals surface area contributed by atoms with Crippen LogP contribution in [0.5, 0.6) is 5.75 Å². The highest BCUT2D eigenvalue weighted by Crippen LogP contribution is 2.26. The number of aliphatic carboxylic acids is 1. The number of rotatable bonds is 6. The van der Waals surface area contributed by atoms with Crippen LogP contribution >= 0.6 is 11.6 Å². The van der Waals surface area contributed by atoms with Gasteiger partial charge in [0.2, 0.25) is 5.82 Å². The molecule has 0 fully saturated rings. The third-order valence-electron chi connectivity index (χ3n) is 3.20. The van der Waals surface area contributed by atoms with Crippen molar-refractivity contribution in [2.24, 2.45) is 0 Å². The molecule has 8 heteroatoms. The summed E-state index contributed by atoms with van der Waals surface area (Å²) in [5.41, 5.74) is 1.45. The molecule has 122 valence electrons. The average Bonchev–Trinajstić information content (AvgIpc) is 3.04. The fourth-order valence-corrected chi connectivity index (χ4v) is 2.31. The zero-order valence-electron chi connectivity index (χ0n) is 12.5. The van der Waals surface area contributed by atoms with Gasteiger partial charge in [-0.25, -0.2) is 4.79 Å². The topological polar surface area (TPSA) is 90.1 Å². The Bertz CT molecular complexity index is 866. The number of halogens is 1. The molecule has 0 amide bonds. The maximum atomic E-state index is 10.7. The summed E-state index contributed by atoms with van der Waals surface area (Å²) in [4.78, 5) is 12.1. The number of benzene rings is 2. The monoisotopic (exact) mass is 344 g/mol. The molecule has 24 heavy (non-hydrogen) atoms. The third kappa shape index (κ3) is 3.69. The molecule has 0 saturated heterocycles. The van der Waals surface area contributed by atoms with Crippen LogP contribution in [0.2, 0.25) is 5.02 Å². The SMILES string of the molecule is O=C(O)COc1ccccc1-c1nnn(Cc2ccccc2Cl)n1.